The Hall–Kier alpha value is -2.10. The van der Waals surface area contributed by atoms with Gasteiger partial charge in [0.1, 0.15) is 16.3 Å². The second-order valence-corrected chi connectivity index (χ2v) is 8.71. The number of nitrogens with one attached hydrogen (secondary N) is 1. The molecule has 0 radical (unpaired) electrons. The Bertz CT molecular complexity index is 941. The molecule has 0 fully saturated rings. The molecule has 0 saturated heterocycles. The fraction of sp³-hybridized carbons (Fsp3) is 0.316. The zero-order valence-electron chi connectivity index (χ0n) is 15.7. The van der Waals surface area contributed by atoms with E-state index < -0.39 is 5.97 Å². The molecule has 148 valence electrons. The highest BCUT2D eigenvalue weighted by atomic mass is 32.2. The van der Waals surface area contributed by atoms with E-state index in [1.54, 1.807) is 18.3 Å². The van der Waals surface area contributed by atoms with Crippen LogP contribution >= 0.6 is 34.4 Å². The van der Waals surface area contributed by atoms with Gasteiger partial charge >= 0.3 is 5.97 Å². The van der Waals surface area contributed by atoms with Crippen LogP contribution in [-0.4, -0.2) is 29.4 Å². The van der Waals surface area contributed by atoms with Crippen molar-refractivity contribution in [1.82, 2.24) is 5.16 Å². The summed E-state index contributed by atoms with van der Waals surface area (Å²) in [6.45, 7) is 5.78. The number of ether oxygens (including phenoxy) is 1. The van der Waals surface area contributed by atoms with Crippen LogP contribution in [0.25, 0.3) is 10.4 Å². The lowest BCUT2D eigenvalue weighted by molar-refractivity contribution is -0.113. The van der Waals surface area contributed by atoms with Crippen molar-refractivity contribution in [3.63, 3.8) is 0 Å². The van der Waals surface area contributed by atoms with E-state index in [-0.39, 0.29) is 18.3 Å². The quantitative estimate of drug-likeness (QED) is 0.493. The van der Waals surface area contributed by atoms with Crippen LogP contribution in [0.2, 0.25) is 0 Å². The highest BCUT2D eigenvalue weighted by molar-refractivity contribution is 7.99. The van der Waals surface area contributed by atoms with E-state index in [4.69, 9.17) is 9.26 Å². The van der Waals surface area contributed by atoms with E-state index in [0.29, 0.717) is 16.3 Å². The predicted octanol–water partition coefficient (Wildman–Crippen LogP) is 5.13. The molecule has 0 aliphatic heterocycles. The van der Waals surface area contributed by atoms with E-state index >= 15 is 0 Å². The first-order valence-corrected chi connectivity index (χ1v) is 11.5. The zero-order valence-corrected chi connectivity index (χ0v) is 18.2. The lowest BCUT2D eigenvalue weighted by Crippen LogP contribution is -2.16. The van der Waals surface area contributed by atoms with Crippen molar-refractivity contribution in [1.29, 1.82) is 0 Å². The molecule has 6 nitrogen and oxygen atoms in total. The molecule has 3 aromatic heterocycles. The van der Waals surface area contributed by atoms with Crippen molar-refractivity contribution in [2.24, 2.45) is 0 Å². The number of carbonyl (C=O) groups excluding carboxylic acids is 2. The third-order valence-corrected chi connectivity index (χ3v) is 6.73. The van der Waals surface area contributed by atoms with Gasteiger partial charge in [-0.2, -0.15) is 0 Å². The topological polar surface area (TPSA) is 81.4 Å². The summed E-state index contributed by atoms with van der Waals surface area (Å²) >= 11 is 4.35. The van der Waals surface area contributed by atoms with Crippen molar-refractivity contribution < 1.29 is 18.8 Å². The average molecular weight is 437 g/mol. The molecule has 0 aliphatic rings. The summed E-state index contributed by atoms with van der Waals surface area (Å²) in [4.78, 5) is 25.9. The van der Waals surface area contributed by atoms with Crippen molar-refractivity contribution in [3.05, 3.63) is 45.5 Å². The number of hydrogen-bond acceptors (Lipinski definition) is 8. The second kappa shape index (κ2) is 9.40. The largest absolute Gasteiger partial charge is 0.462 e. The monoisotopic (exact) mass is 436 g/mol. The van der Waals surface area contributed by atoms with Crippen molar-refractivity contribution >= 4 is 51.3 Å². The second-order valence-electron chi connectivity index (χ2n) is 5.89. The molecule has 3 aromatic rings. The molecular formula is C19H20N2O4S3. The number of aromatic nitrogens is 1. The third kappa shape index (κ3) is 4.65. The van der Waals surface area contributed by atoms with Crippen LogP contribution in [0, 0.1) is 13.8 Å². The molecule has 3 rings (SSSR count). The summed E-state index contributed by atoms with van der Waals surface area (Å²) in [5.74, 6) is 1.09. The number of esters is 1. The van der Waals surface area contributed by atoms with Gasteiger partial charge < -0.3 is 14.6 Å². The number of hydrogen-bond donors (Lipinski definition) is 1. The Kier molecular flexibility index (Phi) is 6.93. The first kappa shape index (κ1) is 20.6. The van der Waals surface area contributed by atoms with Crippen LogP contribution < -0.4 is 5.32 Å². The Morgan fingerprint density at radius 1 is 1.32 bits per heavy atom. The molecule has 28 heavy (non-hydrogen) atoms. The maximum Gasteiger partial charge on any atom is 0.341 e. The number of nitrogens with zero attached hydrogens (tertiary/aromatic N) is 1. The van der Waals surface area contributed by atoms with E-state index in [1.807, 2.05) is 36.7 Å². The van der Waals surface area contributed by atoms with Gasteiger partial charge in [-0.05, 0) is 32.2 Å². The summed E-state index contributed by atoms with van der Waals surface area (Å²) in [6.07, 6.45) is 0. The number of anilines is 1. The first-order valence-electron chi connectivity index (χ1n) is 8.63. The van der Waals surface area contributed by atoms with Gasteiger partial charge in [0, 0.05) is 27.1 Å². The SMILES string of the molecule is CCOC(=O)c1c(-c2cccs2)csc1NC(=O)CSCc1c(C)noc1C. The normalized spacial score (nSPS) is 10.8. The van der Waals surface area contributed by atoms with Crippen molar-refractivity contribution in [2.45, 2.75) is 26.5 Å². The van der Waals surface area contributed by atoms with Crippen LogP contribution in [0.3, 0.4) is 0 Å². The summed E-state index contributed by atoms with van der Waals surface area (Å²) < 4.78 is 10.3. The molecule has 0 spiro atoms. The fourth-order valence-corrected chi connectivity index (χ4v) is 5.35. The summed E-state index contributed by atoms with van der Waals surface area (Å²) in [7, 11) is 0. The number of thiophene rings is 2. The minimum Gasteiger partial charge on any atom is -0.462 e. The third-order valence-electron chi connectivity index (χ3n) is 3.97. The number of aryl methyl sites for hydroxylation is 2. The number of carbonyl (C=O) groups is 2. The van der Waals surface area contributed by atoms with Crippen LogP contribution in [-0.2, 0) is 15.3 Å². The Morgan fingerprint density at radius 2 is 2.14 bits per heavy atom. The van der Waals surface area contributed by atoms with Crippen molar-refractivity contribution in [3.8, 4) is 10.4 Å². The lowest BCUT2D eigenvalue weighted by Gasteiger charge is -2.08. The van der Waals surface area contributed by atoms with Gasteiger partial charge in [-0.15, -0.1) is 34.4 Å². The van der Waals surface area contributed by atoms with E-state index in [2.05, 4.69) is 10.5 Å². The Labute approximate surface area is 175 Å². The first-order chi connectivity index (χ1) is 13.5. The molecule has 1 amide bonds. The van der Waals surface area contributed by atoms with Crippen LogP contribution in [0.1, 0.15) is 34.3 Å². The summed E-state index contributed by atoms with van der Waals surface area (Å²) in [5, 5.41) is 11.1. The van der Waals surface area contributed by atoms with Gasteiger partial charge in [-0.1, -0.05) is 11.2 Å². The highest BCUT2D eigenvalue weighted by Gasteiger charge is 2.23. The van der Waals surface area contributed by atoms with Gasteiger partial charge in [-0.3, -0.25) is 4.79 Å². The van der Waals surface area contributed by atoms with Crippen LogP contribution in [0.4, 0.5) is 5.00 Å². The summed E-state index contributed by atoms with van der Waals surface area (Å²) in [6, 6.07) is 3.87. The molecular weight excluding hydrogens is 416 g/mol. The molecule has 0 unspecified atom stereocenters. The molecule has 0 saturated carbocycles. The van der Waals surface area contributed by atoms with Crippen LogP contribution in [0.5, 0.6) is 0 Å². The predicted molar refractivity (Wildman–Crippen MR) is 114 cm³/mol. The van der Waals surface area contributed by atoms with Gasteiger partial charge in [0.25, 0.3) is 0 Å². The summed E-state index contributed by atoms with van der Waals surface area (Å²) in [5.41, 5.74) is 3.06. The molecule has 9 heteroatoms. The zero-order chi connectivity index (χ0) is 20.1. The van der Waals surface area contributed by atoms with Crippen LogP contribution in [0.15, 0.2) is 27.4 Å². The molecule has 3 heterocycles. The molecule has 0 bridgehead atoms. The van der Waals surface area contributed by atoms with Gasteiger partial charge in [0.05, 0.1) is 18.1 Å². The maximum atomic E-state index is 12.5. The van der Waals surface area contributed by atoms with Gasteiger partial charge in [-0.25, -0.2) is 4.79 Å². The minimum absolute atomic E-state index is 0.165. The average Bonchev–Trinajstić information content (AvgIpc) is 3.38. The highest BCUT2D eigenvalue weighted by Crippen LogP contribution is 2.38. The minimum atomic E-state index is -0.425. The van der Waals surface area contributed by atoms with Gasteiger partial charge in [0.2, 0.25) is 5.91 Å². The smallest absolute Gasteiger partial charge is 0.341 e. The van der Waals surface area contributed by atoms with Gasteiger partial charge in [0.15, 0.2) is 0 Å². The molecule has 1 N–H and O–H groups in total. The van der Waals surface area contributed by atoms with E-state index in [0.717, 1.165) is 27.5 Å². The lowest BCUT2D eigenvalue weighted by atomic mass is 10.1. The Morgan fingerprint density at radius 3 is 2.79 bits per heavy atom. The van der Waals surface area contributed by atoms with Crippen molar-refractivity contribution in [2.75, 3.05) is 17.7 Å². The number of thioether (sulfide) groups is 1. The van der Waals surface area contributed by atoms with E-state index in [1.165, 1.54) is 23.1 Å². The fourth-order valence-electron chi connectivity index (χ4n) is 2.59. The molecule has 0 atom stereocenters. The molecule has 0 aromatic carbocycles. The number of amides is 1. The standard InChI is InChI=1S/C19H20N2O4S3/c1-4-24-19(23)17-14(15-6-5-7-27-15)9-28-18(17)20-16(22)10-26-8-13-11(2)21-25-12(13)3/h5-7,9H,4,8,10H2,1-3H3,(H,20,22). The van der Waals surface area contributed by atoms with E-state index in [9.17, 15) is 9.59 Å². The molecule has 0 aliphatic carbocycles. The maximum absolute atomic E-state index is 12.5. The number of rotatable bonds is 8. The Balaban J connectivity index is 1.69.